The average Bonchev–Trinajstić information content (AvgIpc) is 2.66. The lowest BCUT2D eigenvalue weighted by Crippen LogP contribution is -2.31. The van der Waals surface area contributed by atoms with E-state index in [1.165, 1.54) is 19.2 Å². The van der Waals surface area contributed by atoms with Gasteiger partial charge in [-0.2, -0.15) is 0 Å². The Morgan fingerprint density at radius 3 is 2.80 bits per heavy atom. The summed E-state index contributed by atoms with van der Waals surface area (Å²) < 4.78 is 38.2. The Morgan fingerprint density at radius 1 is 1.32 bits per heavy atom. The topological polar surface area (TPSA) is 98.6 Å². The molecule has 3 rings (SSSR count). The van der Waals surface area contributed by atoms with E-state index < -0.39 is 12.6 Å². The van der Waals surface area contributed by atoms with Crippen LogP contribution in [0.3, 0.4) is 0 Å². The van der Waals surface area contributed by atoms with E-state index in [2.05, 4.69) is 15.0 Å². The lowest BCUT2D eigenvalue weighted by Gasteiger charge is -2.33. The Bertz CT molecular complexity index is 885. The molecule has 0 saturated heterocycles. The molecule has 2 heterocycles. The van der Waals surface area contributed by atoms with Crippen molar-refractivity contribution in [1.29, 1.82) is 0 Å². The Labute approximate surface area is 147 Å². The highest BCUT2D eigenvalue weighted by molar-refractivity contribution is 5.55. The molecule has 0 fully saturated rings. The summed E-state index contributed by atoms with van der Waals surface area (Å²) in [6.07, 6.45) is 0.831. The van der Waals surface area contributed by atoms with Crippen molar-refractivity contribution in [3.8, 4) is 23.1 Å². The summed E-state index contributed by atoms with van der Waals surface area (Å²) >= 11 is 0. The van der Waals surface area contributed by atoms with Gasteiger partial charge >= 0.3 is 0 Å². The molecule has 2 atom stereocenters. The summed E-state index contributed by atoms with van der Waals surface area (Å²) in [5, 5.41) is 3.19. The lowest BCUT2D eigenvalue weighted by molar-refractivity contribution is 0.0277. The fourth-order valence-electron chi connectivity index (χ4n) is 2.58. The molecule has 0 spiro atoms. The molecule has 2 aromatic rings. The quantitative estimate of drug-likeness (QED) is 0.466. The highest BCUT2D eigenvalue weighted by atomic mass is 16.6. The van der Waals surface area contributed by atoms with Crippen molar-refractivity contribution in [2.45, 2.75) is 25.6 Å². The van der Waals surface area contributed by atoms with E-state index in [-0.39, 0.29) is 17.4 Å². The fourth-order valence-corrected chi connectivity index (χ4v) is 2.58. The third kappa shape index (κ3) is 3.39. The van der Waals surface area contributed by atoms with Crippen LogP contribution in [0.2, 0.25) is 0 Å². The minimum atomic E-state index is -2.25. The number of pyridine rings is 1. The van der Waals surface area contributed by atoms with Gasteiger partial charge in [-0.25, -0.2) is 4.98 Å². The molecule has 1 aromatic carbocycles. The first-order valence-electron chi connectivity index (χ1n) is 8.51. The van der Waals surface area contributed by atoms with Crippen LogP contribution < -0.4 is 18.9 Å². The Kier molecular flexibility index (Phi) is 4.10. The summed E-state index contributed by atoms with van der Waals surface area (Å²) in [7, 11) is 2.98. The molecule has 0 radical (unpaired) electrons. The van der Waals surface area contributed by atoms with Gasteiger partial charge in [0.05, 0.1) is 20.7 Å². The smallest absolute Gasteiger partial charge is 0.212 e. The molecule has 0 N–H and O–H groups in total. The maximum atomic E-state index is 8.58. The van der Waals surface area contributed by atoms with E-state index in [4.69, 9.17) is 27.2 Å². The molecule has 1 aliphatic heterocycles. The molecular weight excluding hydrogens is 324 g/mol. The van der Waals surface area contributed by atoms with Crippen molar-refractivity contribution >= 4 is 0 Å². The normalized spacial score (nSPS) is 20.0. The number of hydrogen-bond acceptors (Lipinski definition) is 6. The predicted octanol–water partition coefficient (Wildman–Crippen LogP) is 3.81. The van der Waals surface area contributed by atoms with Gasteiger partial charge in [0.2, 0.25) is 11.6 Å². The van der Waals surface area contributed by atoms with E-state index in [0.29, 0.717) is 17.4 Å². The summed E-state index contributed by atoms with van der Waals surface area (Å²) in [5.74, 6) is 1.42. The molecule has 8 nitrogen and oxygen atoms in total. The summed E-state index contributed by atoms with van der Waals surface area (Å²) in [4.78, 5) is 6.74. The van der Waals surface area contributed by atoms with Crippen LogP contribution in [0, 0.1) is 0 Å². The van der Waals surface area contributed by atoms with Crippen LogP contribution in [-0.4, -0.2) is 25.3 Å². The maximum Gasteiger partial charge on any atom is 0.212 e. The number of ether oxygens (including phenoxy) is 4. The second kappa shape index (κ2) is 7.19. The molecule has 25 heavy (non-hydrogen) atoms. The lowest BCUT2D eigenvalue weighted by atomic mass is 10.0. The van der Waals surface area contributed by atoms with Gasteiger partial charge in [0.25, 0.3) is 0 Å². The summed E-state index contributed by atoms with van der Waals surface area (Å²) in [6, 6.07) is 6.44. The summed E-state index contributed by atoms with van der Waals surface area (Å²) in [6.45, 7) is -0.417. The van der Waals surface area contributed by atoms with Gasteiger partial charge in [0.1, 0.15) is 6.10 Å². The first kappa shape index (κ1) is 14.2. The zero-order chi connectivity index (χ0) is 19.6. The van der Waals surface area contributed by atoms with Crippen molar-refractivity contribution < 1.29 is 21.7 Å². The van der Waals surface area contributed by atoms with Gasteiger partial charge in [-0.05, 0) is 36.2 Å². The van der Waals surface area contributed by atoms with Crippen LogP contribution in [0.25, 0.3) is 10.4 Å². The van der Waals surface area contributed by atoms with Crippen LogP contribution >= 0.6 is 0 Å². The van der Waals surface area contributed by atoms with E-state index in [1.54, 1.807) is 19.4 Å². The largest absolute Gasteiger partial charge is 0.493 e. The Hall–Kier alpha value is -3.12. The van der Waals surface area contributed by atoms with Crippen LogP contribution in [0.15, 0.2) is 35.6 Å². The molecule has 130 valence electrons. The number of rotatable bonds is 5. The molecule has 0 bridgehead atoms. The molecule has 0 unspecified atom stereocenters. The number of aromatic nitrogens is 1. The van der Waals surface area contributed by atoms with Crippen molar-refractivity contribution in [2.75, 3.05) is 14.2 Å². The molecule has 0 saturated carbocycles. The number of methoxy groups -OCH3 is 2. The van der Waals surface area contributed by atoms with Crippen molar-refractivity contribution in [1.82, 2.24) is 4.98 Å². The Balaban J connectivity index is 2.00. The average molecular weight is 344 g/mol. The van der Waals surface area contributed by atoms with Gasteiger partial charge in [0.15, 0.2) is 17.6 Å². The predicted molar refractivity (Wildman–Crippen MR) is 90.1 cm³/mol. The minimum Gasteiger partial charge on any atom is -0.493 e. The fraction of sp³-hybridized carbons (Fsp3) is 0.353. The SMILES string of the molecule is [2H]C([2H])(N=[N+]=[N-])c1cc(OC)c2c(c1)O[C@@H](C)[C@H](c1ccc(OC)nc1)O2. The van der Waals surface area contributed by atoms with E-state index in [9.17, 15) is 0 Å². The highest BCUT2D eigenvalue weighted by Crippen LogP contribution is 2.46. The standard InChI is InChI=1S/C17H18N4O4/c1-10-16(12-4-5-15(23-3)19-9-12)25-17-13(22-2)6-11(8-20-21-18)7-14(17)24-10/h4-7,9-10,16H,8H2,1-3H3/t10-,16+/m0/s1/i8D2. The van der Waals surface area contributed by atoms with Gasteiger partial charge in [-0.1, -0.05) is 5.11 Å². The van der Waals surface area contributed by atoms with Crippen molar-refractivity contribution in [3.63, 3.8) is 0 Å². The molecule has 8 heteroatoms. The first-order valence-corrected chi connectivity index (χ1v) is 7.51. The molecule has 0 amide bonds. The van der Waals surface area contributed by atoms with Gasteiger partial charge in [0, 0.05) is 25.5 Å². The third-order valence-electron chi connectivity index (χ3n) is 3.75. The van der Waals surface area contributed by atoms with Gasteiger partial charge in [-0.3, -0.25) is 0 Å². The number of fused-ring (bicyclic) bond motifs is 1. The van der Waals surface area contributed by atoms with Gasteiger partial charge in [-0.15, -0.1) is 0 Å². The monoisotopic (exact) mass is 344 g/mol. The first-order chi connectivity index (χ1) is 12.9. The minimum absolute atomic E-state index is 0.108. The van der Waals surface area contributed by atoms with Crippen LogP contribution in [-0.2, 0) is 6.50 Å². The second-order valence-corrected chi connectivity index (χ2v) is 5.30. The van der Waals surface area contributed by atoms with Crippen LogP contribution in [0.5, 0.6) is 23.1 Å². The number of hydrogen-bond donors (Lipinski definition) is 0. The zero-order valence-corrected chi connectivity index (χ0v) is 14.0. The highest BCUT2D eigenvalue weighted by Gasteiger charge is 2.32. The number of benzene rings is 1. The van der Waals surface area contributed by atoms with Gasteiger partial charge < -0.3 is 18.9 Å². The zero-order valence-electron chi connectivity index (χ0n) is 16.0. The van der Waals surface area contributed by atoms with E-state index >= 15 is 0 Å². The third-order valence-corrected chi connectivity index (χ3v) is 3.75. The number of azide groups is 1. The summed E-state index contributed by atoms with van der Waals surface area (Å²) in [5.41, 5.74) is 9.49. The second-order valence-electron chi connectivity index (χ2n) is 5.30. The molecular formula is C17H18N4O4. The molecule has 0 aliphatic carbocycles. The van der Waals surface area contributed by atoms with Crippen LogP contribution in [0.4, 0.5) is 0 Å². The van der Waals surface area contributed by atoms with Crippen molar-refractivity contribution in [3.05, 3.63) is 52.0 Å². The number of nitrogens with zero attached hydrogens (tertiary/aromatic N) is 4. The van der Waals surface area contributed by atoms with E-state index in [0.717, 1.165) is 5.56 Å². The van der Waals surface area contributed by atoms with E-state index in [1.807, 2.05) is 13.0 Å². The van der Waals surface area contributed by atoms with Crippen LogP contribution in [0.1, 0.15) is 26.9 Å². The van der Waals surface area contributed by atoms with Crippen molar-refractivity contribution in [2.24, 2.45) is 5.11 Å². The Morgan fingerprint density at radius 2 is 2.16 bits per heavy atom. The molecule has 1 aromatic heterocycles. The molecule has 1 aliphatic rings. The maximum absolute atomic E-state index is 8.58.